The molecule has 0 atom stereocenters. The highest BCUT2D eigenvalue weighted by Gasteiger charge is 2.07. The summed E-state index contributed by atoms with van der Waals surface area (Å²) in [6.07, 6.45) is 0. The van der Waals surface area contributed by atoms with Crippen LogP contribution < -0.4 is 4.74 Å². The first-order valence-electron chi connectivity index (χ1n) is 6.32. The van der Waals surface area contributed by atoms with Crippen molar-refractivity contribution in [2.45, 2.75) is 13.5 Å². The lowest BCUT2D eigenvalue weighted by atomic mass is 10.1. The molecule has 0 bridgehead atoms. The molecular formula is C17H13ClF2O. The van der Waals surface area contributed by atoms with Crippen LogP contribution in [0.3, 0.4) is 0 Å². The molecule has 0 aliphatic rings. The monoisotopic (exact) mass is 306 g/mol. The van der Waals surface area contributed by atoms with Crippen molar-refractivity contribution in [3.8, 4) is 17.6 Å². The van der Waals surface area contributed by atoms with Crippen molar-refractivity contribution < 1.29 is 13.5 Å². The fourth-order valence-electron chi connectivity index (χ4n) is 1.79. The van der Waals surface area contributed by atoms with Gasteiger partial charge in [-0.2, -0.15) is 0 Å². The largest absolute Gasteiger partial charge is 0.487 e. The van der Waals surface area contributed by atoms with Gasteiger partial charge in [0.05, 0.1) is 11.4 Å². The van der Waals surface area contributed by atoms with E-state index >= 15 is 0 Å². The van der Waals surface area contributed by atoms with E-state index < -0.39 is 11.6 Å². The summed E-state index contributed by atoms with van der Waals surface area (Å²) >= 11 is 5.55. The molecule has 0 saturated carbocycles. The number of hydrogen-bond donors (Lipinski definition) is 0. The SMILES string of the molecule is Cc1ccc(OCc2ccc(F)cc2F)c(C#CCCl)c1. The molecule has 0 heterocycles. The molecule has 0 spiro atoms. The normalized spacial score (nSPS) is 9.90. The molecule has 0 aliphatic carbocycles. The van der Waals surface area contributed by atoms with Gasteiger partial charge in [0.2, 0.25) is 0 Å². The first kappa shape index (κ1) is 15.3. The van der Waals surface area contributed by atoms with Crippen LogP contribution in [0.1, 0.15) is 16.7 Å². The van der Waals surface area contributed by atoms with Crippen LogP contribution in [0.2, 0.25) is 0 Å². The van der Waals surface area contributed by atoms with Crippen LogP contribution in [-0.2, 0) is 6.61 Å². The highest BCUT2D eigenvalue weighted by atomic mass is 35.5. The highest BCUT2D eigenvalue weighted by Crippen LogP contribution is 2.21. The van der Waals surface area contributed by atoms with E-state index in [1.54, 1.807) is 6.07 Å². The van der Waals surface area contributed by atoms with Gasteiger partial charge in [-0.25, -0.2) is 8.78 Å². The summed E-state index contributed by atoms with van der Waals surface area (Å²) in [6, 6.07) is 8.92. The van der Waals surface area contributed by atoms with E-state index in [0.717, 1.165) is 11.6 Å². The van der Waals surface area contributed by atoms with Gasteiger partial charge in [-0.1, -0.05) is 17.9 Å². The van der Waals surface area contributed by atoms with E-state index in [4.69, 9.17) is 16.3 Å². The summed E-state index contributed by atoms with van der Waals surface area (Å²) in [7, 11) is 0. The zero-order valence-corrected chi connectivity index (χ0v) is 12.2. The lowest BCUT2D eigenvalue weighted by Crippen LogP contribution is -2.00. The van der Waals surface area contributed by atoms with E-state index in [1.165, 1.54) is 12.1 Å². The maximum Gasteiger partial charge on any atom is 0.135 e. The quantitative estimate of drug-likeness (QED) is 0.601. The third-order valence-corrected chi connectivity index (χ3v) is 2.96. The number of alkyl halides is 1. The van der Waals surface area contributed by atoms with Crippen molar-refractivity contribution in [1.82, 2.24) is 0 Å². The number of ether oxygens (including phenoxy) is 1. The number of aryl methyl sites for hydroxylation is 1. The molecule has 0 N–H and O–H groups in total. The lowest BCUT2D eigenvalue weighted by Gasteiger charge is -2.10. The smallest absolute Gasteiger partial charge is 0.135 e. The van der Waals surface area contributed by atoms with Crippen LogP contribution in [0.15, 0.2) is 36.4 Å². The summed E-state index contributed by atoms with van der Waals surface area (Å²) in [5.41, 5.74) is 2.01. The number of halogens is 3. The Morgan fingerprint density at radius 3 is 2.67 bits per heavy atom. The van der Waals surface area contributed by atoms with Gasteiger partial charge in [0.15, 0.2) is 0 Å². The molecule has 4 heteroatoms. The summed E-state index contributed by atoms with van der Waals surface area (Å²) in [6.45, 7) is 1.94. The summed E-state index contributed by atoms with van der Waals surface area (Å²) in [5, 5.41) is 0. The first-order chi connectivity index (χ1) is 10.1. The van der Waals surface area contributed by atoms with Crippen molar-refractivity contribution in [3.05, 3.63) is 64.7 Å². The Hall–Kier alpha value is -2.05. The van der Waals surface area contributed by atoms with E-state index in [2.05, 4.69) is 11.8 Å². The fraction of sp³-hybridized carbons (Fsp3) is 0.176. The molecule has 0 unspecified atom stereocenters. The molecule has 2 aromatic rings. The van der Waals surface area contributed by atoms with Gasteiger partial charge in [0.1, 0.15) is 24.0 Å². The minimum absolute atomic E-state index is 0.00469. The van der Waals surface area contributed by atoms with Crippen LogP contribution in [0.4, 0.5) is 8.78 Å². The topological polar surface area (TPSA) is 9.23 Å². The van der Waals surface area contributed by atoms with Crippen LogP contribution in [-0.4, -0.2) is 5.88 Å². The van der Waals surface area contributed by atoms with E-state index in [-0.39, 0.29) is 18.1 Å². The van der Waals surface area contributed by atoms with E-state index in [9.17, 15) is 8.78 Å². The number of benzene rings is 2. The van der Waals surface area contributed by atoms with Gasteiger partial charge in [-0.05, 0) is 36.8 Å². The van der Waals surface area contributed by atoms with Gasteiger partial charge < -0.3 is 4.74 Å². The second-order valence-corrected chi connectivity index (χ2v) is 4.73. The van der Waals surface area contributed by atoms with Gasteiger partial charge in [0, 0.05) is 11.6 Å². The van der Waals surface area contributed by atoms with Crippen LogP contribution in [0.25, 0.3) is 0 Å². The van der Waals surface area contributed by atoms with Crippen molar-refractivity contribution in [1.29, 1.82) is 0 Å². The van der Waals surface area contributed by atoms with Crippen molar-refractivity contribution in [2.75, 3.05) is 5.88 Å². The zero-order chi connectivity index (χ0) is 15.2. The van der Waals surface area contributed by atoms with E-state index in [0.29, 0.717) is 11.3 Å². The maximum atomic E-state index is 13.6. The van der Waals surface area contributed by atoms with Gasteiger partial charge in [0.25, 0.3) is 0 Å². The van der Waals surface area contributed by atoms with Crippen LogP contribution in [0, 0.1) is 30.4 Å². The molecule has 2 aromatic carbocycles. The predicted octanol–water partition coefficient (Wildman–Crippen LogP) is 4.44. The molecule has 0 saturated heterocycles. The first-order valence-corrected chi connectivity index (χ1v) is 6.86. The Morgan fingerprint density at radius 2 is 1.95 bits per heavy atom. The summed E-state index contributed by atoms with van der Waals surface area (Å²) < 4.78 is 32.0. The third-order valence-electron chi connectivity index (χ3n) is 2.82. The Morgan fingerprint density at radius 1 is 1.14 bits per heavy atom. The molecule has 0 radical (unpaired) electrons. The number of rotatable bonds is 3. The van der Waals surface area contributed by atoms with Crippen molar-refractivity contribution >= 4 is 11.6 Å². The molecule has 108 valence electrons. The van der Waals surface area contributed by atoms with E-state index in [1.807, 2.05) is 19.1 Å². The average Bonchev–Trinajstić information content (AvgIpc) is 2.45. The molecular weight excluding hydrogens is 294 g/mol. The third kappa shape index (κ3) is 4.21. The Balaban J connectivity index is 2.19. The highest BCUT2D eigenvalue weighted by molar-refractivity contribution is 6.19. The zero-order valence-electron chi connectivity index (χ0n) is 11.4. The van der Waals surface area contributed by atoms with Crippen molar-refractivity contribution in [2.24, 2.45) is 0 Å². The van der Waals surface area contributed by atoms with Gasteiger partial charge in [-0.15, -0.1) is 11.6 Å². The van der Waals surface area contributed by atoms with Crippen molar-refractivity contribution in [3.63, 3.8) is 0 Å². The Labute approximate surface area is 127 Å². The average molecular weight is 307 g/mol. The summed E-state index contributed by atoms with van der Waals surface area (Å²) in [5.74, 6) is 5.19. The molecule has 0 aliphatic heterocycles. The standard InChI is InChI=1S/C17H13ClF2O/c1-12-4-7-17(13(9-12)3-2-8-18)21-11-14-5-6-15(19)10-16(14)20/h4-7,9-10H,8,11H2,1H3. The second-order valence-electron chi connectivity index (χ2n) is 4.46. The molecule has 1 nitrogen and oxygen atoms in total. The molecule has 21 heavy (non-hydrogen) atoms. The fourth-order valence-corrected chi connectivity index (χ4v) is 1.86. The summed E-state index contributed by atoms with van der Waals surface area (Å²) in [4.78, 5) is 0. The Bertz CT molecular complexity index is 702. The molecule has 0 fully saturated rings. The lowest BCUT2D eigenvalue weighted by molar-refractivity contribution is 0.298. The van der Waals surface area contributed by atoms with Crippen LogP contribution >= 0.6 is 11.6 Å². The van der Waals surface area contributed by atoms with Gasteiger partial charge >= 0.3 is 0 Å². The minimum Gasteiger partial charge on any atom is -0.487 e. The van der Waals surface area contributed by atoms with Gasteiger partial charge in [-0.3, -0.25) is 0 Å². The number of hydrogen-bond acceptors (Lipinski definition) is 1. The molecule has 2 rings (SSSR count). The maximum absolute atomic E-state index is 13.6. The minimum atomic E-state index is -0.629. The molecule has 0 aromatic heterocycles. The molecule has 0 amide bonds. The predicted molar refractivity (Wildman–Crippen MR) is 79.5 cm³/mol. The second kappa shape index (κ2) is 7.10. The Kier molecular flexibility index (Phi) is 5.19. The van der Waals surface area contributed by atoms with Crippen LogP contribution in [0.5, 0.6) is 5.75 Å².